The maximum absolute atomic E-state index is 12.5. The van der Waals surface area contributed by atoms with Gasteiger partial charge >= 0.3 is 5.97 Å². The minimum Gasteiger partial charge on any atom is -0.420 e. The Morgan fingerprint density at radius 2 is 1.31 bits per heavy atom. The molecule has 0 radical (unpaired) electrons. The van der Waals surface area contributed by atoms with E-state index in [1.807, 2.05) is 72.7 Å². The summed E-state index contributed by atoms with van der Waals surface area (Å²) in [5, 5.41) is 18.2. The summed E-state index contributed by atoms with van der Waals surface area (Å²) in [5.41, 5.74) is 5.19. The first-order chi connectivity index (χ1) is 14.7. The Hall–Kier alpha value is -2.50. The third kappa shape index (κ3) is 7.88. The largest absolute Gasteiger partial charge is 0.420 e. The molecular weight excluding hydrogens is 404 g/mol. The Bertz CT molecular complexity index is 924. The number of carbonyl (C=O) groups excluding carboxylic acids is 2. The van der Waals surface area contributed by atoms with Gasteiger partial charge in [0.05, 0.1) is 11.7 Å². The molecule has 5 nitrogen and oxygen atoms in total. The maximum Gasteiger partial charge on any atom is 0.385 e. The van der Waals surface area contributed by atoms with E-state index < -0.39 is 23.5 Å². The van der Waals surface area contributed by atoms with Gasteiger partial charge in [0.1, 0.15) is 5.75 Å². The van der Waals surface area contributed by atoms with Crippen LogP contribution in [0.15, 0.2) is 24.3 Å². The van der Waals surface area contributed by atoms with Crippen molar-refractivity contribution in [1.29, 1.82) is 0 Å². The van der Waals surface area contributed by atoms with Crippen molar-refractivity contribution in [2.45, 2.75) is 86.9 Å². The Morgan fingerprint density at radius 1 is 0.906 bits per heavy atom. The topological polar surface area (TPSA) is 83.8 Å². The fraction of sp³-hybridized carbons (Fsp3) is 0.481. The number of hydrogen-bond donors (Lipinski definition) is 2. The summed E-state index contributed by atoms with van der Waals surface area (Å²) in [6.45, 7) is 16.7. The molecule has 0 aromatic heterocycles. The highest BCUT2D eigenvalue weighted by Gasteiger charge is 2.24. The van der Waals surface area contributed by atoms with Crippen LogP contribution in [0.1, 0.15) is 77.4 Å². The molecule has 0 saturated carbocycles. The number of aliphatic hydroxyl groups excluding tert-OH is 1. The van der Waals surface area contributed by atoms with Crippen LogP contribution in [0.4, 0.5) is 0 Å². The van der Waals surface area contributed by atoms with Gasteiger partial charge in [-0.3, -0.25) is 4.79 Å². The molecule has 0 aliphatic carbocycles. The quantitative estimate of drug-likeness (QED) is 0.276. The lowest BCUT2D eigenvalue weighted by atomic mass is 9.96. The van der Waals surface area contributed by atoms with Gasteiger partial charge in [-0.25, -0.2) is 4.79 Å². The summed E-state index contributed by atoms with van der Waals surface area (Å²) in [5.74, 6) is -0.967. The summed E-state index contributed by atoms with van der Waals surface area (Å²) >= 11 is 0. The smallest absolute Gasteiger partial charge is 0.385 e. The minimum atomic E-state index is -0.838. The lowest BCUT2D eigenvalue weighted by Crippen LogP contribution is -2.27. The van der Waals surface area contributed by atoms with Gasteiger partial charge in [-0.15, -0.1) is 0 Å². The molecule has 176 valence electrons. The summed E-state index contributed by atoms with van der Waals surface area (Å²) in [6, 6.07) is 7.66. The summed E-state index contributed by atoms with van der Waals surface area (Å²) < 4.78 is 5.40. The number of rotatable bonds is 6. The Balaban J connectivity index is 0.000000482. The highest BCUT2D eigenvalue weighted by molar-refractivity contribution is 6.41. The van der Waals surface area contributed by atoms with Crippen molar-refractivity contribution in [2.75, 3.05) is 0 Å². The van der Waals surface area contributed by atoms with Crippen molar-refractivity contribution in [3.63, 3.8) is 0 Å². The highest BCUT2D eigenvalue weighted by Crippen LogP contribution is 2.26. The zero-order valence-electron chi connectivity index (χ0n) is 20.9. The second-order valence-electron chi connectivity index (χ2n) is 9.12. The van der Waals surface area contributed by atoms with Crippen LogP contribution in [0.5, 0.6) is 5.75 Å². The van der Waals surface area contributed by atoms with Crippen LogP contribution in [0.25, 0.3) is 0 Å². The lowest BCUT2D eigenvalue weighted by molar-refractivity contribution is -0.129. The fourth-order valence-electron chi connectivity index (χ4n) is 3.89. The molecule has 0 spiro atoms. The zero-order valence-corrected chi connectivity index (χ0v) is 20.9. The van der Waals surface area contributed by atoms with Gasteiger partial charge < -0.3 is 14.9 Å². The number of aliphatic hydroxyl groups is 2. The molecule has 2 atom stereocenters. The zero-order chi connectivity index (χ0) is 24.8. The van der Waals surface area contributed by atoms with E-state index in [9.17, 15) is 14.7 Å². The lowest BCUT2D eigenvalue weighted by Gasteiger charge is -2.22. The van der Waals surface area contributed by atoms with Gasteiger partial charge in [0.25, 0.3) is 5.78 Å². The average molecular weight is 443 g/mol. The third-order valence-electron chi connectivity index (χ3n) is 5.39. The predicted molar refractivity (Wildman–Crippen MR) is 128 cm³/mol. The molecule has 0 bridgehead atoms. The fourth-order valence-corrected chi connectivity index (χ4v) is 3.89. The first-order valence-corrected chi connectivity index (χ1v) is 11.0. The van der Waals surface area contributed by atoms with Crippen LogP contribution in [-0.2, 0) is 4.79 Å². The summed E-state index contributed by atoms with van der Waals surface area (Å²) in [7, 11) is 0. The Labute approximate surface area is 192 Å². The SMILES string of the molecule is CCC(C)(O)CC(C)O.Cc1cc(C)c(OC(=O)C(=O)c2c(C)cc(C)cc2C)c(C)c1. The number of benzene rings is 2. The van der Waals surface area contributed by atoms with Gasteiger partial charge in [0, 0.05) is 12.0 Å². The van der Waals surface area contributed by atoms with Crippen LogP contribution in [0.2, 0.25) is 0 Å². The van der Waals surface area contributed by atoms with Gasteiger partial charge in [-0.1, -0.05) is 42.3 Å². The van der Waals surface area contributed by atoms with E-state index in [-0.39, 0.29) is 0 Å². The normalized spacial score (nSPS) is 13.5. The molecule has 2 aromatic carbocycles. The van der Waals surface area contributed by atoms with Crippen LogP contribution in [-0.4, -0.2) is 33.7 Å². The molecular formula is C27H38O5. The van der Waals surface area contributed by atoms with E-state index in [0.717, 1.165) is 33.4 Å². The summed E-state index contributed by atoms with van der Waals surface area (Å²) in [6.07, 6.45) is 0.751. The van der Waals surface area contributed by atoms with E-state index in [1.165, 1.54) is 0 Å². The number of carbonyl (C=O) groups is 2. The van der Waals surface area contributed by atoms with E-state index in [4.69, 9.17) is 9.84 Å². The number of ether oxygens (including phenoxy) is 1. The highest BCUT2D eigenvalue weighted by atomic mass is 16.5. The van der Waals surface area contributed by atoms with Crippen LogP contribution >= 0.6 is 0 Å². The van der Waals surface area contributed by atoms with Crippen LogP contribution in [0.3, 0.4) is 0 Å². The van der Waals surface area contributed by atoms with Crippen molar-refractivity contribution in [2.24, 2.45) is 0 Å². The Morgan fingerprint density at radius 3 is 1.66 bits per heavy atom. The van der Waals surface area contributed by atoms with Crippen molar-refractivity contribution >= 4 is 11.8 Å². The minimum absolute atomic E-state index is 0.403. The number of esters is 1. The molecule has 2 N–H and O–H groups in total. The second kappa shape index (κ2) is 11.4. The molecule has 0 aliphatic rings. The van der Waals surface area contributed by atoms with E-state index in [0.29, 0.717) is 24.2 Å². The van der Waals surface area contributed by atoms with Gasteiger partial charge in [0.2, 0.25) is 0 Å². The molecule has 2 unspecified atom stereocenters. The van der Waals surface area contributed by atoms with Crippen molar-refractivity contribution in [1.82, 2.24) is 0 Å². The number of aryl methyl sites for hydroxylation is 6. The molecule has 0 saturated heterocycles. The molecule has 0 fully saturated rings. The number of ketones is 1. The summed E-state index contributed by atoms with van der Waals surface area (Å²) in [4.78, 5) is 24.8. The van der Waals surface area contributed by atoms with E-state index >= 15 is 0 Å². The number of Topliss-reactive ketones (excluding diaryl/α,β-unsaturated/α-hetero) is 1. The monoisotopic (exact) mass is 442 g/mol. The molecule has 2 aromatic rings. The first-order valence-electron chi connectivity index (χ1n) is 11.0. The van der Waals surface area contributed by atoms with E-state index in [1.54, 1.807) is 13.8 Å². The van der Waals surface area contributed by atoms with Gasteiger partial charge in [0.15, 0.2) is 0 Å². The van der Waals surface area contributed by atoms with Crippen LogP contribution in [0, 0.1) is 41.5 Å². The van der Waals surface area contributed by atoms with Crippen molar-refractivity contribution in [3.8, 4) is 5.75 Å². The van der Waals surface area contributed by atoms with Crippen molar-refractivity contribution in [3.05, 3.63) is 63.2 Å². The molecule has 0 heterocycles. The predicted octanol–water partition coefficient (Wildman–Crippen LogP) is 5.24. The van der Waals surface area contributed by atoms with Gasteiger partial charge in [-0.2, -0.15) is 0 Å². The third-order valence-corrected chi connectivity index (χ3v) is 5.39. The van der Waals surface area contributed by atoms with Gasteiger partial charge in [-0.05, 0) is 84.1 Å². The molecule has 5 heteroatoms. The maximum atomic E-state index is 12.5. The van der Waals surface area contributed by atoms with Crippen LogP contribution < -0.4 is 4.74 Å². The first kappa shape index (κ1) is 27.5. The molecule has 32 heavy (non-hydrogen) atoms. The van der Waals surface area contributed by atoms with Crippen molar-refractivity contribution < 1.29 is 24.5 Å². The second-order valence-corrected chi connectivity index (χ2v) is 9.12. The molecule has 0 aliphatic heterocycles. The number of hydrogen-bond acceptors (Lipinski definition) is 5. The Kier molecular flexibility index (Phi) is 9.80. The molecule has 2 rings (SSSR count). The standard InChI is InChI=1S/C20H22O3.C7H16O2/c1-11-7-13(3)17(14(4)8-11)18(21)20(22)23-19-15(5)9-12(2)10-16(19)6;1-4-7(3,9)5-6(2)8/h7-10H,1-6H3;6,8-9H,4-5H2,1-3H3. The molecule has 0 amide bonds. The van der Waals surface area contributed by atoms with E-state index in [2.05, 4.69) is 0 Å². The average Bonchev–Trinajstić information content (AvgIpc) is 2.63.